The number of ether oxygens (including phenoxy) is 1. The molecule has 0 amide bonds. The van der Waals surface area contributed by atoms with Crippen LogP contribution in [-0.2, 0) is 4.74 Å². The molecule has 0 aromatic rings. The lowest BCUT2D eigenvalue weighted by Crippen LogP contribution is -2.59. The monoisotopic (exact) mass is 241 g/mol. The fourth-order valence-electron chi connectivity index (χ4n) is 2.95. The summed E-state index contributed by atoms with van der Waals surface area (Å²) in [5, 5.41) is 0. The molecule has 0 aromatic heterocycles. The minimum atomic E-state index is 0.214. The van der Waals surface area contributed by atoms with Gasteiger partial charge in [-0.05, 0) is 27.3 Å². The smallest absolute Gasteiger partial charge is 0.0547 e. The van der Waals surface area contributed by atoms with Crippen LogP contribution in [0.2, 0.25) is 0 Å². The molecule has 100 valence electrons. The average Bonchev–Trinajstić information content (AvgIpc) is 2.72. The molecule has 2 rings (SSSR count). The van der Waals surface area contributed by atoms with Crippen LogP contribution in [0.1, 0.15) is 20.3 Å². The first-order valence-corrected chi connectivity index (χ1v) is 6.69. The van der Waals surface area contributed by atoms with Crippen molar-refractivity contribution in [3.8, 4) is 0 Å². The van der Waals surface area contributed by atoms with Crippen LogP contribution < -0.4 is 5.73 Å². The van der Waals surface area contributed by atoms with Crippen LogP contribution in [0.15, 0.2) is 0 Å². The van der Waals surface area contributed by atoms with Crippen LogP contribution in [0, 0.1) is 5.41 Å². The van der Waals surface area contributed by atoms with Gasteiger partial charge in [-0.2, -0.15) is 0 Å². The highest BCUT2D eigenvalue weighted by molar-refractivity contribution is 4.93. The van der Waals surface area contributed by atoms with Gasteiger partial charge in [-0.15, -0.1) is 0 Å². The lowest BCUT2D eigenvalue weighted by Gasteiger charge is -2.47. The summed E-state index contributed by atoms with van der Waals surface area (Å²) < 4.78 is 5.55. The Morgan fingerprint density at radius 2 is 2.06 bits per heavy atom. The highest BCUT2D eigenvalue weighted by atomic mass is 16.5. The van der Waals surface area contributed by atoms with Crippen LogP contribution in [0.3, 0.4) is 0 Å². The number of nitrogens with zero attached hydrogens (tertiary/aromatic N) is 2. The summed E-state index contributed by atoms with van der Waals surface area (Å²) in [5.74, 6) is 0. The topological polar surface area (TPSA) is 41.7 Å². The molecule has 4 nitrogen and oxygen atoms in total. The van der Waals surface area contributed by atoms with E-state index in [1.54, 1.807) is 0 Å². The molecule has 2 fully saturated rings. The highest BCUT2D eigenvalue weighted by Crippen LogP contribution is 2.30. The molecule has 0 aromatic carbocycles. The third-order valence-corrected chi connectivity index (χ3v) is 4.57. The van der Waals surface area contributed by atoms with Crippen LogP contribution in [-0.4, -0.2) is 68.3 Å². The maximum Gasteiger partial charge on any atom is 0.0547 e. The molecule has 0 aliphatic carbocycles. The molecular weight excluding hydrogens is 214 g/mol. The Hall–Kier alpha value is -0.160. The fraction of sp³-hybridized carbons (Fsp3) is 1.00. The Labute approximate surface area is 105 Å². The third-order valence-electron chi connectivity index (χ3n) is 4.57. The second-order valence-electron chi connectivity index (χ2n) is 6.45. The van der Waals surface area contributed by atoms with Gasteiger partial charge in [0, 0.05) is 50.3 Å². The van der Waals surface area contributed by atoms with Gasteiger partial charge in [0.1, 0.15) is 0 Å². The summed E-state index contributed by atoms with van der Waals surface area (Å²) in [6.07, 6.45) is 1.12. The van der Waals surface area contributed by atoms with Crippen molar-refractivity contribution in [2.75, 3.05) is 53.0 Å². The molecule has 0 spiro atoms. The van der Waals surface area contributed by atoms with Gasteiger partial charge in [0.2, 0.25) is 0 Å². The van der Waals surface area contributed by atoms with Crippen LogP contribution in [0.25, 0.3) is 0 Å². The zero-order valence-electron chi connectivity index (χ0n) is 11.5. The van der Waals surface area contributed by atoms with Crippen LogP contribution in [0.4, 0.5) is 0 Å². The number of likely N-dealkylation sites (N-methyl/N-ethyl adjacent to an activating group) is 1. The summed E-state index contributed by atoms with van der Waals surface area (Å²) in [4.78, 5) is 5.02. The van der Waals surface area contributed by atoms with Crippen molar-refractivity contribution in [1.29, 1.82) is 0 Å². The normalized spacial score (nSPS) is 35.3. The van der Waals surface area contributed by atoms with E-state index in [9.17, 15) is 0 Å². The van der Waals surface area contributed by atoms with Gasteiger partial charge in [0.25, 0.3) is 0 Å². The summed E-state index contributed by atoms with van der Waals surface area (Å²) in [7, 11) is 2.22. The third kappa shape index (κ3) is 2.81. The van der Waals surface area contributed by atoms with Crippen molar-refractivity contribution in [3.05, 3.63) is 0 Å². The summed E-state index contributed by atoms with van der Waals surface area (Å²) in [6, 6.07) is 0. The van der Waals surface area contributed by atoms with E-state index in [2.05, 4.69) is 30.7 Å². The van der Waals surface area contributed by atoms with Gasteiger partial charge in [-0.1, -0.05) is 0 Å². The van der Waals surface area contributed by atoms with Gasteiger partial charge in [-0.25, -0.2) is 0 Å². The van der Waals surface area contributed by atoms with Gasteiger partial charge in [0.05, 0.1) is 6.61 Å². The Morgan fingerprint density at radius 1 is 1.29 bits per heavy atom. The van der Waals surface area contributed by atoms with E-state index in [1.165, 1.54) is 0 Å². The molecule has 2 aliphatic heterocycles. The SMILES string of the molecule is CN1CCN(CC2(CN)CCOC2)CC1(C)C. The lowest BCUT2D eigenvalue weighted by atomic mass is 9.85. The number of nitrogens with two attached hydrogens (primary N) is 1. The Bertz CT molecular complexity index is 261. The van der Waals surface area contributed by atoms with E-state index in [0.29, 0.717) is 0 Å². The second kappa shape index (κ2) is 4.84. The molecule has 0 radical (unpaired) electrons. The van der Waals surface area contributed by atoms with Crippen molar-refractivity contribution < 1.29 is 4.74 Å². The number of rotatable bonds is 3. The molecule has 1 atom stereocenters. The molecule has 1 unspecified atom stereocenters. The zero-order chi connectivity index (χ0) is 12.5. The molecule has 0 bridgehead atoms. The molecule has 2 aliphatic rings. The molecule has 2 heterocycles. The first kappa shape index (κ1) is 13.3. The van der Waals surface area contributed by atoms with Gasteiger partial charge >= 0.3 is 0 Å². The number of hydrogen-bond acceptors (Lipinski definition) is 4. The van der Waals surface area contributed by atoms with Crippen molar-refractivity contribution in [2.24, 2.45) is 11.1 Å². The molecular formula is C13H27N3O. The van der Waals surface area contributed by atoms with E-state index in [0.717, 1.165) is 52.4 Å². The van der Waals surface area contributed by atoms with Crippen molar-refractivity contribution >= 4 is 0 Å². The maximum atomic E-state index is 5.96. The van der Waals surface area contributed by atoms with Crippen LogP contribution in [0.5, 0.6) is 0 Å². The molecule has 0 saturated carbocycles. The first-order valence-electron chi connectivity index (χ1n) is 6.69. The van der Waals surface area contributed by atoms with Gasteiger partial charge in [0.15, 0.2) is 0 Å². The highest BCUT2D eigenvalue weighted by Gasteiger charge is 2.38. The fourth-order valence-corrected chi connectivity index (χ4v) is 2.95. The Kier molecular flexibility index (Phi) is 3.78. The van der Waals surface area contributed by atoms with Gasteiger partial charge < -0.3 is 10.5 Å². The first-order chi connectivity index (χ1) is 7.97. The van der Waals surface area contributed by atoms with E-state index in [-0.39, 0.29) is 11.0 Å². The standard InChI is InChI=1S/C13H27N3O/c1-12(2)9-16(6-5-15(12)3)10-13(8-14)4-7-17-11-13/h4-11,14H2,1-3H3. The predicted octanol–water partition coefficient (Wildman–Crippen LogP) is 0.378. The summed E-state index contributed by atoms with van der Waals surface area (Å²) in [5.41, 5.74) is 6.45. The quantitative estimate of drug-likeness (QED) is 0.775. The summed E-state index contributed by atoms with van der Waals surface area (Å²) in [6.45, 7) is 11.6. The molecule has 2 N–H and O–H groups in total. The van der Waals surface area contributed by atoms with E-state index in [4.69, 9.17) is 10.5 Å². The maximum absolute atomic E-state index is 5.96. The average molecular weight is 241 g/mol. The van der Waals surface area contributed by atoms with E-state index in [1.807, 2.05) is 0 Å². The minimum absolute atomic E-state index is 0.214. The van der Waals surface area contributed by atoms with Crippen LogP contribution >= 0.6 is 0 Å². The van der Waals surface area contributed by atoms with Crippen molar-refractivity contribution in [1.82, 2.24) is 9.80 Å². The van der Waals surface area contributed by atoms with Crippen molar-refractivity contribution in [3.63, 3.8) is 0 Å². The summed E-state index contributed by atoms with van der Waals surface area (Å²) >= 11 is 0. The van der Waals surface area contributed by atoms with E-state index >= 15 is 0 Å². The largest absolute Gasteiger partial charge is 0.381 e. The Morgan fingerprint density at radius 3 is 2.59 bits per heavy atom. The predicted molar refractivity (Wildman–Crippen MR) is 70.1 cm³/mol. The molecule has 17 heavy (non-hydrogen) atoms. The number of hydrogen-bond donors (Lipinski definition) is 1. The van der Waals surface area contributed by atoms with Crippen molar-refractivity contribution in [2.45, 2.75) is 25.8 Å². The zero-order valence-corrected chi connectivity index (χ0v) is 11.5. The molecule has 4 heteroatoms. The number of piperazine rings is 1. The molecule has 2 saturated heterocycles. The van der Waals surface area contributed by atoms with E-state index < -0.39 is 0 Å². The lowest BCUT2D eigenvalue weighted by molar-refractivity contribution is 0.0145. The minimum Gasteiger partial charge on any atom is -0.381 e. The Balaban J connectivity index is 1.95. The van der Waals surface area contributed by atoms with Gasteiger partial charge in [-0.3, -0.25) is 9.80 Å². The second-order valence-corrected chi connectivity index (χ2v) is 6.45.